The highest BCUT2D eigenvalue weighted by Crippen LogP contribution is 2.20. The maximum Gasteiger partial charge on any atom is 0.326 e. The first-order valence-electron chi connectivity index (χ1n) is 10.9. The molecule has 1 aliphatic rings. The Balaban J connectivity index is 2.93. The molecule has 1 aliphatic heterocycles. The number of carbonyl (C=O) groups excluding carboxylic acids is 3. The number of nitrogens with one attached hydrogen (secondary N) is 2. The molecule has 5 N–H and O–H groups in total. The summed E-state index contributed by atoms with van der Waals surface area (Å²) in [5, 5.41) is 14.8. The van der Waals surface area contributed by atoms with Crippen LogP contribution in [0.3, 0.4) is 0 Å². The first kappa shape index (κ1) is 27.2. The minimum atomic E-state index is -1.09. The number of thioether (sulfide) groups is 1. The standard InChI is InChI=1S/C21H38N4O5S/c1-12(2)11-15(21(29)30)24-18(26)16-7-6-9-25(16)20(28)14(8-10-31-5)23-19(27)17(22)13(3)4/h12-17H,6-11,22H2,1-5H3,(H,23,27)(H,24,26)(H,29,30). The third-order valence-corrected chi connectivity index (χ3v) is 6.05. The molecule has 0 saturated carbocycles. The van der Waals surface area contributed by atoms with Crippen LogP contribution in [0.15, 0.2) is 0 Å². The molecule has 178 valence electrons. The van der Waals surface area contributed by atoms with Crippen LogP contribution >= 0.6 is 11.8 Å². The predicted octanol–water partition coefficient (Wildman–Crippen LogP) is 0.814. The van der Waals surface area contributed by atoms with Gasteiger partial charge in [-0.2, -0.15) is 11.8 Å². The number of aliphatic carboxylic acids is 1. The van der Waals surface area contributed by atoms with Crippen LogP contribution in [0.25, 0.3) is 0 Å². The molecule has 0 bridgehead atoms. The topological polar surface area (TPSA) is 142 Å². The molecule has 3 amide bonds. The van der Waals surface area contributed by atoms with Crippen LogP contribution in [0.2, 0.25) is 0 Å². The number of nitrogens with zero attached hydrogens (tertiary/aromatic N) is 1. The summed E-state index contributed by atoms with van der Waals surface area (Å²) in [5.74, 6) is -1.59. The molecule has 1 fully saturated rings. The van der Waals surface area contributed by atoms with Gasteiger partial charge < -0.3 is 26.4 Å². The van der Waals surface area contributed by atoms with Crippen LogP contribution in [-0.4, -0.2) is 76.4 Å². The predicted molar refractivity (Wildman–Crippen MR) is 121 cm³/mol. The van der Waals surface area contributed by atoms with E-state index in [0.29, 0.717) is 38.0 Å². The van der Waals surface area contributed by atoms with Crippen molar-refractivity contribution in [3.63, 3.8) is 0 Å². The minimum absolute atomic E-state index is 0.0736. The van der Waals surface area contributed by atoms with Crippen LogP contribution < -0.4 is 16.4 Å². The van der Waals surface area contributed by atoms with Gasteiger partial charge in [-0.05, 0) is 49.5 Å². The summed E-state index contributed by atoms with van der Waals surface area (Å²) in [6.07, 6.45) is 3.74. The maximum absolute atomic E-state index is 13.3. The Morgan fingerprint density at radius 3 is 2.29 bits per heavy atom. The molecule has 4 unspecified atom stereocenters. The number of carboxylic acids is 1. The lowest BCUT2D eigenvalue weighted by Gasteiger charge is -2.30. The second kappa shape index (κ2) is 12.9. The maximum atomic E-state index is 13.3. The zero-order valence-corrected chi connectivity index (χ0v) is 20.0. The number of nitrogens with two attached hydrogens (primary N) is 1. The fourth-order valence-corrected chi connectivity index (χ4v) is 4.00. The third kappa shape index (κ3) is 8.33. The molecule has 0 aromatic rings. The molecule has 1 rings (SSSR count). The molecule has 9 nitrogen and oxygen atoms in total. The van der Waals surface area contributed by atoms with Crippen LogP contribution in [0.1, 0.15) is 53.4 Å². The number of amides is 3. The molecule has 1 saturated heterocycles. The molecule has 0 spiro atoms. The number of hydrogen-bond donors (Lipinski definition) is 4. The molecule has 1 heterocycles. The summed E-state index contributed by atoms with van der Waals surface area (Å²) >= 11 is 1.56. The number of carbonyl (C=O) groups is 4. The molecule has 0 aromatic carbocycles. The normalized spacial score (nSPS) is 19.2. The lowest BCUT2D eigenvalue weighted by molar-refractivity contribution is -0.145. The van der Waals surface area contributed by atoms with Gasteiger partial charge in [-0.1, -0.05) is 27.7 Å². The van der Waals surface area contributed by atoms with Gasteiger partial charge in [-0.3, -0.25) is 14.4 Å². The van der Waals surface area contributed by atoms with Crippen LogP contribution in [0, 0.1) is 11.8 Å². The van der Waals surface area contributed by atoms with Crippen LogP contribution in [-0.2, 0) is 19.2 Å². The van der Waals surface area contributed by atoms with Crippen molar-refractivity contribution in [3.05, 3.63) is 0 Å². The van der Waals surface area contributed by atoms with Crippen molar-refractivity contribution in [2.24, 2.45) is 17.6 Å². The molecule has 31 heavy (non-hydrogen) atoms. The lowest BCUT2D eigenvalue weighted by Crippen LogP contribution is -2.57. The monoisotopic (exact) mass is 458 g/mol. The Kier molecular flexibility index (Phi) is 11.3. The summed E-state index contributed by atoms with van der Waals surface area (Å²) in [6.45, 7) is 7.82. The highest BCUT2D eigenvalue weighted by atomic mass is 32.2. The third-order valence-electron chi connectivity index (χ3n) is 5.41. The van der Waals surface area contributed by atoms with Gasteiger partial charge >= 0.3 is 5.97 Å². The Bertz CT molecular complexity index is 643. The van der Waals surface area contributed by atoms with E-state index in [0.717, 1.165) is 0 Å². The average Bonchev–Trinajstić information content (AvgIpc) is 3.18. The highest BCUT2D eigenvalue weighted by Gasteiger charge is 2.39. The van der Waals surface area contributed by atoms with Gasteiger partial charge in [0.25, 0.3) is 0 Å². The molecule has 10 heteroatoms. The van der Waals surface area contributed by atoms with Gasteiger partial charge in [0.05, 0.1) is 6.04 Å². The van der Waals surface area contributed by atoms with E-state index in [4.69, 9.17) is 5.73 Å². The van der Waals surface area contributed by atoms with Gasteiger partial charge in [0, 0.05) is 6.54 Å². The summed E-state index contributed by atoms with van der Waals surface area (Å²) in [4.78, 5) is 51.5. The average molecular weight is 459 g/mol. The summed E-state index contributed by atoms with van der Waals surface area (Å²) in [6, 6.07) is -3.24. The minimum Gasteiger partial charge on any atom is -0.480 e. The molecule has 0 aliphatic carbocycles. The summed E-state index contributed by atoms with van der Waals surface area (Å²) in [5.41, 5.74) is 5.93. The zero-order chi connectivity index (χ0) is 23.7. The number of likely N-dealkylation sites (tertiary alicyclic amines) is 1. The van der Waals surface area contributed by atoms with Crippen molar-refractivity contribution in [2.45, 2.75) is 77.5 Å². The lowest BCUT2D eigenvalue weighted by atomic mass is 10.0. The second-order valence-electron chi connectivity index (χ2n) is 8.83. The van der Waals surface area contributed by atoms with E-state index in [1.165, 1.54) is 4.90 Å². The van der Waals surface area contributed by atoms with Crippen molar-refractivity contribution < 1.29 is 24.3 Å². The molecule has 0 radical (unpaired) electrons. The van der Waals surface area contributed by atoms with Crippen LogP contribution in [0.4, 0.5) is 0 Å². The fraction of sp³-hybridized carbons (Fsp3) is 0.810. The van der Waals surface area contributed by atoms with E-state index in [1.54, 1.807) is 11.8 Å². The molecule has 0 aromatic heterocycles. The number of hydrogen-bond acceptors (Lipinski definition) is 6. The van der Waals surface area contributed by atoms with E-state index in [9.17, 15) is 24.3 Å². The van der Waals surface area contributed by atoms with Gasteiger partial charge in [0.15, 0.2) is 0 Å². The van der Waals surface area contributed by atoms with Crippen molar-refractivity contribution in [1.82, 2.24) is 15.5 Å². The quantitative estimate of drug-likeness (QED) is 0.339. The molecule has 4 atom stereocenters. The van der Waals surface area contributed by atoms with E-state index < -0.39 is 42.0 Å². The van der Waals surface area contributed by atoms with E-state index in [1.807, 2.05) is 34.0 Å². The second-order valence-corrected chi connectivity index (χ2v) is 9.82. The number of rotatable bonds is 12. The summed E-state index contributed by atoms with van der Waals surface area (Å²) in [7, 11) is 0. The van der Waals surface area contributed by atoms with Gasteiger partial charge in [0.1, 0.15) is 18.1 Å². The van der Waals surface area contributed by atoms with Crippen molar-refractivity contribution in [1.29, 1.82) is 0 Å². The Hall–Kier alpha value is -1.81. The number of carboxylic acid groups (broad SMARTS) is 1. The van der Waals surface area contributed by atoms with E-state index in [-0.39, 0.29) is 17.7 Å². The SMILES string of the molecule is CSCCC(NC(=O)C(N)C(C)C)C(=O)N1CCCC1C(=O)NC(CC(C)C)C(=O)O. The largest absolute Gasteiger partial charge is 0.480 e. The smallest absolute Gasteiger partial charge is 0.326 e. The van der Waals surface area contributed by atoms with Crippen molar-refractivity contribution >= 4 is 35.5 Å². The highest BCUT2D eigenvalue weighted by molar-refractivity contribution is 7.98. The Morgan fingerprint density at radius 1 is 1.13 bits per heavy atom. The molecular weight excluding hydrogens is 420 g/mol. The zero-order valence-electron chi connectivity index (χ0n) is 19.2. The first-order valence-corrected chi connectivity index (χ1v) is 12.3. The molecular formula is C21H38N4O5S. The van der Waals surface area contributed by atoms with Crippen molar-refractivity contribution in [3.8, 4) is 0 Å². The van der Waals surface area contributed by atoms with E-state index in [2.05, 4.69) is 10.6 Å². The van der Waals surface area contributed by atoms with Gasteiger partial charge in [-0.15, -0.1) is 0 Å². The van der Waals surface area contributed by atoms with E-state index >= 15 is 0 Å². The van der Waals surface area contributed by atoms with Gasteiger partial charge in [-0.25, -0.2) is 4.79 Å². The summed E-state index contributed by atoms with van der Waals surface area (Å²) < 4.78 is 0. The fourth-order valence-electron chi connectivity index (χ4n) is 3.53. The van der Waals surface area contributed by atoms with Crippen LogP contribution in [0.5, 0.6) is 0 Å². The first-order chi connectivity index (χ1) is 14.5. The van der Waals surface area contributed by atoms with Crippen molar-refractivity contribution in [2.75, 3.05) is 18.6 Å². The Labute approximate surface area is 189 Å². The Morgan fingerprint density at radius 2 is 1.77 bits per heavy atom. The van der Waals surface area contributed by atoms with Gasteiger partial charge in [0.2, 0.25) is 17.7 Å².